The van der Waals surface area contributed by atoms with Gasteiger partial charge in [-0.25, -0.2) is 0 Å². The number of hydrogen-bond donors (Lipinski definition) is 2. The summed E-state index contributed by atoms with van der Waals surface area (Å²) in [5.41, 5.74) is 1.67. The van der Waals surface area contributed by atoms with Gasteiger partial charge in [-0.05, 0) is 32.0 Å². The van der Waals surface area contributed by atoms with E-state index in [2.05, 4.69) is 0 Å². The third kappa shape index (κ3) is 3.57. The molecule has 2 atom stereocenters. The van der Waals surface area contributed by atoms with Gasteiger partial charge in [-0.15, -0.1) is 0 Å². The van der Waals surface area contributed by atoms with Crippen molar-refractivity contribution in [1.29, 1.82) is 0 Å². The van der Waals surface area contributed by atoms with Crippen molar-refractivity contribution in [3.05, 3.63) is 47.5 Å². The molecule has 26 heavy (non-hydrogen) atoms. The fourth-order valence-corrected chi connectivity index (χ4v) is 3.27. The predicted molar refractivity (Wildman–Crippen MR) is 95.9 cm³/mol. The lowest BCUT2D eigenvalue weighted by molar-refractivity contribution is -0.283. The van der Waals surface area contributed by atoms with E-state index in [1.807, 2.05) is 19.9 Å². The molecule has 6 nitrogen and oxygen atoms in total. The molecule has 2 N–H and O–H groups in total. The molecule has 0 spiro atoms. The Kier molecular flexibility index (Phi) is 4.98. The first-order valence-electron chi connectivity index (χ1n) is 8.40. The molecule has 0 saturated carbocycles. The van der Waals surface area contributed by atoms with Crippen LogP contribution in [0.1, 0.15) is 37.0 Å². The summed E-state index contributed by atoms with van der Waals surface area (Å²) in [6.07, 6.45) is -0.382. The van der Waals surface area contributed by atoms with Gasteiger partial charge in [0.25, 0.3) is 0 Å². The van der Waals surface area contributed by atoms with E-state index in [9.17, 15) is 10.2 Å². The molecule has 1 aliphatic heterocycles. The molecule has 2 aromatic carbocycles. The van der Waals surface area contributed by atoms with Gasteiger partial charge in [0.1, 0.15) is 23.0 Å². The van der Waals surface area contributed by atoms with Gasteiger partial charge in [-0.1, -0.05) is 6.07 Å². The number of rotatable bonds is 4. The van der Waals surface area contributed by atoms with Crippen molar-refractivity contribution in [3.63, 3.8) is 0 Å². The summed E-state index contributed by atoms with van der Waals surface area (Å²) in [5, 5.41) is 19.5. The lowest BCUT2D eigenvalue weighted by Crippen LogP contribution is -2.40. The smallest absolute Gasteiger partial charge is 0.163 e. The Morgan fingerprint density at radius 3 is 2.04 bits per heavy atom. The maximum absolute atomic E-state index is 9.77. The maximum atomic E-state index is 9.77. The van der Waals surface area contributed by atoms with E-state index < -0.39 is 5.79 Å². The molecule has 1 aliphatic rings. The van der Waals surface area contributed by atoms with Crippen LogP contribution >= 0.6 is 0 Å². The second-order valence-corrected chi connectivity index (χ2v) is 6.71. The molecule has 0 unspecified atom stereocenters. The Morgan fingerprint density at radius 2 is 1.46 bits per heavy atom. The number of phenols is 2. The van der Waals surface area contributed by atoms with Gasteiger partial charge in [0.2, 0.25) is 0 Å². The number of ether oxygens (including phenoxy) is 4. The Hall–Kier alpha value is -2.44. The zero-order valence-electron chi connectivity index (χ0n) is 15.4. The summed E-state index contributed by atoms with van der Waals surface area (Å²) in [4.78, 5) is 0. The van der Waals surface area contributed by atoms with Crippen LogP contribution < -0.4 is 9.47 Å². The highest BCUT2D eigenvalue weighted by Crippen LogP contribution is 2.47. The zero-order chi connectivity index (χ0) is 18.9. The summed E-state index contributed by atoms with van der Waals surface area (Å²) in [6, 6.07) is 9.95. The van der Waals surface area contributed by atoms with E-state index in [4.69, 9.17) is 18.9 Å². The minimum Gasteiger partial charge on any atom is -0.508 e. The average Bonchev–Trinajstić information content (AvgIpc) is 2.61. The molecule has 140 valence electrons. The number of hydrogen-bond acceptors (Lipinski definition) is 6. The van der Waals surface area contributed by atoms with Gasteiger partial charge < -0.3 is 29.2 Å². The molecule has 1 heterocycles. The van der Waals surface area contributed by atoms with Gasteiger partial charge in [0.05, 0.1) is 26.9 Å². The van der Waals surface area contributed by atoms with Gasteiger partial charge >= 0.3 is 0 Å². The first kappa shape index (κ1) is 18.4. The highest BCUT2D eigenvalue weighted by atomic mass is 16.7. The molecule has 3 rings (SSSR count). The number of benzene rings is 2. The standard InChI is InChI=1S/C20H24O6/c1-20(2)25-11-16(14-7-5-12(21)9-17(14)23-3)19(26-20)15-8-6-13(22)10-18(15)24-4/h5-10,16,19,21-22H,11H2,1-4H3/t16-,19-/m1/s1. The summed E-state index contributed by atoms with van der Waals surface area (Å²) in [5.74, 6) is 0.393. The first-order valence-corrected chi connectivity index (χ1v) is 8.40. The maximum Gasteiger partial charge on any atom is 0.163 e. The van der Waals surface area contributed by atoms with Crippen LogP contribution in [0.15, 0.2) is 36.4 Å². The van der Waals surface area contributed by atoms with Gasteiger partial charge in [-0.3, -0.25) is 0 Å². The van der Waals surface area contributed by atoms with Crippen molar-refractivity contribution in [3.8, 4) is 23.0 Å². The van der Waals surface area contributed by atoms with Crippen LogP contribution in [0.2, 0.25) is 0 Å². The van der Waals surface area contributed by atoms with Crippen molar-refractivity contribution in [2.45, 2.75) is 31.7 Å². The Balaban J connectivity index is 2.09. The molecule has 2 aromatic rings. The SMILES string of the molecule is COc1cc(O)ccc1[C@H]1COC(C)(C)O[C@@H]1c1ccc(O)cc1OC. The highest BCUT2D eigenvalue weighted by molar-refractivity contribution is 5.47. The van der Waals surface area contributed by atoms with E-state index in [1.54, 1.807) is 44.6 Å². The molecule has 0 amide bonds. The molecular formula is C20H24O6. The zero-order valence-corrected chi connectivity index (χ0v) is 15.4. The van der Waals surface area contributed by atoms with E-state index >= 15 is 0 Å². The molecule has 1 fully saturated rings. The largest absolute Gasteiger partial charge is 0.508 e. The van der Waals surface area contributed by atoms with Crippen LogP contribution in [0, 0.1) is 0 Å². The van der Waals surface area contributed by atoms with Crippen LogP contribution in [0.3, 0.4) is 0 Å². The molecule has 6 heteroatoms. The van der Waals surface area contributed by atoms with Crippen molar-refractivity contribution in [1.82, 2.24) is 0 Å². The summed E-state index contributed by atoms with van der Waals surface area (Å²) < 4.78 is 23.0. The molecule has 0 radical (unpaired) electrons. The first-order chi connectivity index (χ1) is 12.3. The van der Waals surface area contributed by atoms with Gasteiger partial charge in [0, 0.05) is 29.2 Å². The molecular weight excluding hydrogens is 336 g/mol. The Morgan fingerprint density at radius 1 is 0.923 bits per heavy atom. The van der Waals surface area contributed by atoms with Crippen LogP contribution in [-0.4, -0.2) is 36.8 Å². The monoisotopic (exact) mass is 360 g/mol. The number of aromatic hydroxyl groups is 2. The van der Waals surface area contributed by atoms with Crippen LogP contribution in [-0.2, 0) is 9.47 Å². The minimum absolute atomic E-state index is 0.121. The van der Waals surface area contributed by atoms with Gasteiger partial charge in [0.15, 0.2) is 5.79 Å². The minimum atomic E-state index is -0.770. The average molecular weight is 360 g/mol. The van der Waals surface area contributed by atoms with E-state index in [0.717, 1.165) is 11.1 Å². The predicted octanol–water partition coefficient (Wildman–Crippen LogP) is 3.72. The Bertz CT molecular complexity index is 786. The summed E-state index contributed by atoms with van der Waals surface area (Å²) in [6.45, 7) is 4.12. The van der Waals surface area contributed by atoms with Crippen molar-refractivity contribution in [2.24, 2.45) is 0 Å². The van der Waals surface area contributed by atoms with Crippen molar-refractivity contribution >= 4 is 0 Å². The molecule has 1 saturated heterocycles. The summed E-state index contributed by atoms with van der Waals surface area (Å²) in [7, 11) is 3.11. The third-order valence-electron chi connectivity index (χ3n) is 4.53. The van der Waals surface area contributed by atoms with Gasteiger partial charge in [-0.2, -0.15) is 0 Å². The lowest BCUT2D eigenvalue weighted by atomic mass is 9.87. The highest BCUT2D eigenvalue weighted by Gasteiger charge is 2.40. The van der Waals surface area contributed by atoms with Crippen LogP contribution in [0.5, 0.6) is 23.0 Å². The van der Waals surface area contributed by atoms with Crippen molar-refractivity contribution in [2.75, 3.05) is 20.8 Å². The third-order valence-corrected chi connectivity index (χ3v) is 4.53. The quantitative estimate of drug-likeness (QED) is 0.865. The Labute approximate surface area is 152 Å². The van der Waals surface area contributed by atoms with E-state index in [0.29, 0.717) is 18.1 Å². The normalized spacial score (nSPS) is 22.0. The number of methoxy groups -OCH3 is 2. The topological polar surface area (TPSA) is 77.4 Å². The van der Waals surface area contributed by atoms with Crippen molar-refractivity contribution < 1.29 is 29.2 Å². The van der Waals surface area contributed by atoms with Crippen LogP contribution in [0.25, 0.3) is 0 Å². The molecule has 0 aromatic heterocycles. The van der Waals surface area contributed by atoms with E-state index in [-0.39, 0.29) is 23.5 Å². The molecule has 0 aliphatic carbocycles. The molecule has 0 bridgehead atoms. The van der Waals surface area contributed by atoms with E-state index in [1.165, 1.54) is 0 Å². The summed E-state index contributed by atoms with van der Waals surface area (Å²) >= 11 is 0. The lowest BCUT2D eigenvalue weighted by Gasteiger charge is -2.42. The second-order valence-electron chi connectivity index (χ2n) is 6.71. The number of phenolic OH excluding ortho intramolecular Hbond substituents is 2. The second kappa shape index (κ2) is 7.05. The fourth-order valence-electron chi connectivity index (χ4n) is 3.27. The fraction of sp³-hybridized carbons (Fsp3) is 0.400. The van der Waals surface area contributed by atoms with Crippen LogP contribution in [0.4, 0.5) is 0 Å².